The first-order chi connectivity index (χ1) is 14.5. The highest BCUT2D eigenvalue weighted by Gasteiger charge is 2.40. The number of aliphatic hydroxyl groups excluding tert-OH is 1. The number of hydrogen-bond acceptors (Lipinski definition) is 6. The van der Waals surface area contributed by atoms with E-state index in [0.29, 0.717) is 19.5 Å². The summed E-state index contributed by atoms with van der Waals surface area (Å²) in [5, 5.41) is 16.3. The van der Waals surface area contributed by atoms with Gasteiger partial charge < -0.3 is 30.9 Å². The minimum Gasteiger partial charge on any atom is -0.497 e. The highest BCUT2D eigenvalue weighted by molar-refractivity contribution is 5.67. The average Bonchev–Trinajstić information content (AvgIpc) is 3.44. The Morgan fingerprint density at radius 2 is 1.83 bits per heavy atom. The van der Waals surface area contributed by atoms with Crippen LogP contribution in [0.4, 0.5) is 4.79 Å². The van der Waals surface area contributed by atoms with Crippen molar-refractivity contribution >= 4 is 6.09 Å². The number of alkyl carbamates (subject to hydrolysis) is 1. The number of rotatable bonds is 7. The minimum atomic E-state index is -0.738. The SMILES string of the molecule is COc1ccc(C[C@H]2NC[C@H](O)[C@H]2OC(=O)NCc2ccc(C3(N)CC3)cc2)cc1. The van der Waals surface area contributed by atoms with Gasteiger partial charge in [0.25, 0.3) is 0 Å². The number of aliphatic hydroxyl groups is 1. The Hall–Kier alpha value is -2.61. The summed E-state index contributed by atoms with van der Waals surface area (Å²) in [7, 11) is 1.63. The van der Waals surface area contributed by atoms with E-state index in [1.165, 1.54) is 0 Å². The summed E-state index contributed by atoms with van der Waals surface area (Å²) in [5.41, 5.74) is 9.22. The number of ether oxygens (including phenoxy) is 2. The molecule has 4 rings (SSSR count). The molecule has 1 aliphatic heterocycles. The first kappa shape index (κ1) is 20.7. The lowest BCUT2D eigenvalue weighted by Crippen LogP contribution is -2.41. The predicted octanol–water partition coefficient (Wildman–Crippen LogP) is 1.81. The normalized spacial score (nSPS) is 24.3. The van der Waals surface area contributed by atoms with E-state index in [9.17, 15) is 9.90 Å². The predicted molar refractivity (Wildman–Crippen MR) is 113 cm³/mol. The number of β-amino-alcohol motifs (C(OH)–C–C–N with tert-alkyl or cyclic N) is 1. The zero-order chi connectivity index (χ0) is 21.1. The van der Waals surface area contributed by atoms with Gasteiger partial charge in [0.05, 0.1) is 13.2 Å². The Morgan fingerprint density at radius 3 is 2.47 bits per heavy atom. The third-order valence-corrected chi connectivity index (χ3v) is 5.98. The van der Waals surface area contributed by atoms with Crippen LogP contribution in [0.2, 0.25) is 0 Å². The second-order valence-electron chi connectivity index (χ2n) is 8.21. The summed E-state index contributed by atoms with van der Waals surface area (Å²) in [5.74, 6) is 0.789. The number of methoxy groups -OCH3 is 1. The van der Waals surface area contributed by atoms with Crippen molar-refractivity contribution in [2.45, 2.75) is 49.6 Å². The molecule has 1 aliphatic carbocycles. The molecule has 0 spiro atoms. The number of carbonyl (C=O) groups is 1. The second-order valence-corrected chi connectivity index (χ2v) is 8.21. The zero-order valence-electron chi connectivity index (χ0n) is 17.1. The molecule has 1 heterocycles. The van der Waals surface area contributed by atoms with Crippen LogP contribution >= 0.6 is 0 Å². The van der Waals surface area contributed by atoms with Crippen LogP contribution in [0.1, 0.15) is 29.5 Å². The Kier molecular flexibility index (Phi) is 5.94. The third kappa shape index (κ3) is 4.75. The fourth-order valence-corrected chi connectivity index (χ4v) is 3.85. The van der Waals surface area contributed by atoms with Crippen LogP contribution in [0.25, 0.3) is 0 Å². The first-order valence-corrected chi connectivity index (χ1v) is 10.3. The van der Waals surface area contributed by atoms with Crippen molar-refractivity contribution in [3.05, 3.63) is 65.2 Å². The van der Waals surface area contributed by atoms with E-state index in [0.717, 1.165) is 35.3 Å². The van der Waals surface area contributed by atoms with Crippen molar-refractivity contribution in [1.29, 1.82) is 0 Å². The van der Waals surface area contributed by atoms with Crippen molar-refractivity contribution in [1.82, 2.24) is 10.6 Å². The molecule has 7 nitrogen and oxygen atoms in total. The van der Waals surface area contributed by atoms with Gasteiger partial charge in [-0.1, -0.05) is 36.4 Å². The highest BCUT2D eigenvalue weighted by atomic mass is 16.6. The molecule has 0 unspecified atom stereocenters. The van der Waals surface area contributed by atoms with Gasteiger partial charge in [-0.3, -0.25) is 0 Å². The molecule has 0 aromatic heterocycles. The van der Waals surface area contributed by atoms with Crippen LogP contribution in [0.15, 0.2) is 48.5 Å². The molecular formula is C23H29N3O4. The summed E-state index contributed by atoms with van der Waals surface area (Å²) >= 11 is 0. The number of carbonyl (C=O) groups excluding carboxylic acids is 1. The second kappa shape index (κ2) is 8.63. The van der Waals surface area contributed by atoms with Gasteiger partial charge in [0.2, 0.25) is 0 Å². The van der Waals surface area contributed by atoms with Crippen LogP contribution in [0.3, 0.4) is 0 Å². The monoisotopic (exact) mass is 411 g/mol. The number of hydrogen-bond donors (Lipinski definition) is 4. The summed E-state index contributed by atoms with van der Waals surface area (Å²) in [4.78, 5) is 12.3. The van der Waals surface area contributed by atoms with E-state index < -0.39 is 18.3 Å². The molecule has 1 amide bonds. The standard InChI is InChI=1S/C23H29N3O4/c1-29-18-8-4-15(5-9-18)12-19-21(20(27)14-25-19)30-22(28)26-13-16-2-6-17(7-3-16)23(24)10-11-23/h2-9,19-21,25,27H,10-14,24H2,1H3,(H,26,28)/t19-,20+,21+/m1/s1. The van der Waals surface area contributed by atoms with E-state index in [1.54, 1.807) is 7.11 Å². The van der Waals surface area contributed by atoms with Crippen LogP contribution in [-0.4, -0.2) is 43.1 Å². The molecule has 2 fully saturated rings. The van der Waals surface area contributed by atoms with E-state index in [-0.39, 0.29) is 11.6 Å². The van der Waals surface area contributed by atoms with Gasteiger partial charge in [-0.25, -0.2) is 4.79 Å². The first-order valence-electron chi connectivity index (χ1n) is 10.3. The Balaban J connectivity index is 1.29. The van der Waals surface area contributed by atoms with Crippen molar-refractivity contribution < 1.29 is 19.4 Å². The van der Waals surface area contributed by atoms with Crippen LogP contribution < -0.4 is 21.1 Å². The molecule has 160 valence electrons. The van der Waals surface area contributed by atoms with Gasteiger partial charge in [0.1, 0.15) is 18.0 Å². The fraction of sp³-hybridized carbons (Fsp3) is 0.435. The Bertz CT molecular complexity index is 865. The van der Waals surface area contributed by atoms with Gasteiger partial charge in [-0.05, 0) is 48.1 Å². The Labute approximate surface area is 176 Å². The number of amides is 1. The molecule has 1 saturated carbocycles. The fourth-order valence-electron chi connectivity index (χ4n) is 3.85. The summed E-state index contributed by atoms with van der Waals surface area (Å²) in [6, 6.07) is 15.6. The van der Waals surface area contributed by atoms with Crippen molar-refractivity contribution in [3.8, 4) is 5.75 Å². The lowest BCUT2D eigenvalue weighted by molar-refractivity contribution is 0.0188. The molecular weight excluding hydrogens is 382 g/mol. The smallest absolute Gasteiger partial charge is 0.407 e. The average molecular weight is 412 g/mol. The van der Waals surface area contributed by atoms with Gasteiger partial charge >= 0.3 is 6.09 Å². The summed E-state index contributed by atoms with van der Waals surface area (Å²) in [6.45, 7) is 0.747. The molecule has 2 aromatic rings. The maximum absolute atomic E-state index is 12.3. The molecule has 0 bridgehead atoms. The molecule has 5 N–H and O–H groups in total. The molecule has 3 atom stereocenters. The van der Waals surface area contributed by atoms with Crippen LogP contribution in [-0.2, 0) is 23.2 Å². The molecule has 1 saturated heterocycles. The van der Waals surface area contributed by atoms with Crippen molar-refractivity contribution in [2.24, 2.45) is 5.73 Å². The van der Waals surface area contributed by atoms with Crippen molar-refractivity contribution in [3.63, 3.8) is 0 Å². The summed E-state index contributed by atoms with van der Waals surface area (Å²) < 4.78 is 10.7. The lowest BCUT2D eigenvalue weighted by Gasteiger charge is -2.22. The number of benzene rings is 2. The third-order valence-electron chi connectivity index (χ3n) is 5.98. The highest BCUT2D eigenvalue weighted by Crippen LogP contribution is 2.42. The largest absolute Gasteiger partial charge is 0.497 e. The van der Waals surface area contributed by atoms with E-state index in [4.69, 9.17) is 15.2 Å². The van der Waals surface area contributed by atoms with Gasteiger partial charge in [-0.2, -0.15) is 0 Å². The Morgan fingerprint density at radius 1 is 1.17 bits per heavy atom. The zero-order valence-corrected chi connectivity index (χ0v) is 17.1. The van der Waals surface area contributed by atoms with E-state index in [1.807, 2.05) is 48.5 Å². The van der Waals surface area contributed by atoms with Gasteiger partial charge in [-0.15, -0.1) is 0 Å². The molecule has 2 aromatic carbocycles. The molecule has 7 heteroatoms. The molecule has 2 aliphatic rings. The van der Waals surface area contributed by atoms with E-state index in [2.05, 4.69) is 10.6 Å². The quantitative estimate of drug-likeness (QED) is 0.554. The summed E-state index contributed by atoms with van der Waals surface area (Å²) in [6.07, 6.45) is 0.795. The number of nitrogens with two attached hydrogens (primary N) is 1. The topological polar surface area (TPSA) is 106 Å². The van der Waals surface area contributed by atoms with E-state index >= 15 is 0 Å². The maximum atomic E-state index is 12.3. The van der Waals surface area contributed by atoms with Crippen LogP contribution in [0.5, 0.6) is 5.75 Å². The lowest BCUT2D eigenvalue weighted by atomic mass is 10.0. The minimum absolute atomic E-state index is 0.155. The van der Waals surface area contributed by atoms with Gasteiger partial charge in [0.15, 0.2) is 0 Å². The van der Waals surface area contributed by atoms with Crippen LogP contribution in [0, 0.1) is 0 Å². The number of nitrogens with one attached hydrogen (secondary N) is 2. The molecule has 30 heavy (non-hydrogen) atoms. The van der Waals surface area contributed by atoms with Crippen molar-refractivity contribution in [2.75, 3.05) is 13.7 Å². The maximum Gasteiger partial charge on any atom is 0.407 e. The molecule has 0 radical (unpaired) electrons. The van der Waals surface area contributed by atoms with Gasteiger partial charge in [0, 0.05) is 18.6 Å².